The van der Waals surface area contributed by atoms with E-state index in [9.17, 15) is 0 Å². The van der Waals surface area contributed by atoms with E-state index in [2.05, 4.69) is 51.1 Å². The highest BCUT2D eigenvalue weighted by Crippen LogP contribution is 2.34. The molecule has 3 nitrogen and oxygen atoms in total. The lowest BCUT2D eigenvalue weighted by Gasteiger charge is -2.19. The third kappa shape index (κ3) is 4.09. The first kappa shape index (κ1) is 19.0. The lowest BCUT2D eigenvalue weighted by Crippen LogP contribution is -2.10. The summed E-state index contributed by atoms with van der Waals surface area (Å²) >= 11 is 0. The van der Waals surface area contributed by atoms with Gasteiger partial charge in [0.25, 0.3) is 0 Å². The fourth-order valence-electron chi connectivity index (χ4n) is 3.30. The molecule has 146 valence electrons. The van der Waals surface area contributed by atoms with Gasteiger partial charge in [0.1, 0.15) is 11.5 Å². The molecule has 0 amide bonds. The van der Waals surface area contributed by atoms with Crippen LogP contribution >= 0.6 is 0 Å². The Balaban J connectivity index is 1.79. The smallest absolute Gasteiger partial charge is 0.227 e. The number of methoxy groups -OCH3 is 1. The number of hydrogen-bond donors (Lipinski definition) is 0. The van der Waals surface area contributed by atoms with Gasteiger partial charge in [0.05, 0.1) is 12.8 Å². The second kappa shape index (κ2) is 7.59. The zero-order chi connectivity index (χ0) is 20.4. The van der Waals surface area contributed by atoms with Crippen LogP contribution in [-0.4, -0.2) is 12.1 Å². The van der Waals surface area contributed by atoms with Gasteiger partial charge in [-0.2, -0.15) is 0 Å². The van der Waals surface area contributed by atoms with E-state index in [-0.39, 0.29) is 5.41 Å². The Morgan fingerprint density at radius 1 is 0.759 bits per heavy atom. The lowest BCUT2D eigenvalue weighted by molar-refractivity contribution is 0.415. The van der Waals surface area contributed by atoms with Gasteiger partial charge in [0.15, 0.2) is 0 Å². The van der Waals surface area contributed by atoms with E-state index in [1.54, 1.807) is 7.11 Å². The average Bonchev–Trinajstić information content (AvgIpc) is 2.73. The molecule has 3 heteroatoms. The van der Waals surface area contributed by atoms with Crippen LogP contribution in [0.3, 0.4) is 0 Å². The molecule has 0 fully saturated rings. The quantitative estimate of drug-likeness (QED) is 0.380. The molecule has 0 atom stereocenters. The van der Waals surface area contributed by atoms with E-state index in [0.717, 1.165) is 33.5 Å². The van der Waals surface area contributed by atoms with E-state index in [1.165, 1.54) is 5.56 Å². The van der Waals surface area contributed by atoms with Gasteiger partial charge < -0.3 is 9.47 Å². The summed E-state index contributed by atoms with van der Waals surface area (Å²) in [5.74, 6) is 2.17. The summed E-state index contributed by atoms with van der Waals surface area (Å²) in [6.07, 6.45) is 0. The molecule has 0 saturated carbocycles. The first-order chi connectivity index (χ1) is 13.9. The number of rotatable bonds is 4. The predicted octanol–water partition coefficient (Wildman–Crippen LogP) is 7.00. The van der Waals surface area contributed by atoms with Crippen molar-refractivity contribution in [3.8, 4) is 28.6 Å². The van der Waals surface area contributed by atoms with Gasteiger partial charge >= 0.3 is 0 Å². The number of aromatic nitrogens is 1. The van der Waals surface area contributed by atoms with E-state index in [1.807, 2.05) is 48.5 Å². The normalized spacial score (nSPS) is 11.4. The molecule has 0 N–H and O–H groups in total. The van der Waals surface area contributed by atoms with Crippen LogP contribution in [0.15, 0.2) is 78.9 Å². The molecule has 0 aliphatic rings. The number of ether oxygens (including phenoxy) is 2. The van der Waals surface area contributed by atoms with Crippen molar-refractivity contribution in [1.29, 1.82) is 0 Å². The van der Waals surface area contributed by atoms with Crippen LogP contribution in [0.25, 0.3) is 22.0 Å². The summed E-state index contributed by atoms with van der Waals surface area (Å²) in [6.45, 7) is 6.61. The van der Waals surface area contributed by atoms with Crippen LogP contribution < -0.4 is 9.47 Å². The highest BCUT2D eigenvalue weighted by Gasteiger charge is 2.14. The summed E-state index contributed by atoms with van der Waals surface area (Å²) in [4.78, 5) is 4.83. The number of fused-ring (bicyclic) bond motifs is 1. The molecule has 4 rings (SSSR count). The Morgan fingerprint density at radius 2 is 1.45 bits per heavy atom. The molecule has 29 heavy (non-hydrogen) atoms. The van der Waals surface area contributed by atoms with Crippen molar-refractivity contribution in [2.45, 2.75) is 26.2 Å². The number of hydrogen-bond acceptors (Lipinski definition) is 3. The Kier molecular flexibility index (Phi) is 4.98. The van der Waals surface area contributed by atoms with Gasteiger partial charge in [0.2, 0.25) is 5.88 Å². The SMILES string of the molecule is COc1ccc2c(Oc3ccc(C(C)(C)C)cc3)nc(-c3ccccc3)cc2c1. The van der Waals surface area contributed by atoms with Crippen molar-refractivity contribution < 1.29 is 9.47 Å². The highest BCUT2D eigenvalue weighted by atomic mass is 16.5. The molecule has 1 aromatic heterocycles. The van der Waals surface area contributed by atoms with Crippen molar-refractivity contribution in [2.24, 2.45) is 0 Å². The second-order valence-electron chi connectivity index (χ2n) is 8.14. The molecule has 0 spiro atoms. The van der Waals surface area contributed by atoms with Gasteiger partial charge in [-0.1, -0.05) is 63.2 Å². The van der Waals surface area contributed by atoms with Crippen LogP contribution in [0.5, 0.6) is 17.4 Å². The van der Waals surface area contributed by atoms with Crippen molar-refractivity contribution in [3.63, 3.8) is 0 Å². The van der Waals surface area contributed by atoms with E-state index >= 15 is 0 Å². The number of pyridine rings is 1. The Morgan fingerprint density at radius 3 is 2.10 bits per heavy atom. The van der Waals surface area contributed by atoms with Crippen LogP contribution in [0.1, 0.15) is 26.3 Å². The fourth-order valence-corrected chi connectivity index (χ4v) is 3.30. The number of benzene rings is 3. The highest BCUT2D eigenvalue weighted by molar-refractivity contribution is 5.91. The van der Waals surface area contributed by atoms with Gasteiger partial charge in [0, 0.05) is 10.9 Å². The molecule has 1 heterocycles. The number of nitrogens with zero attached hydrogens (tertiary/aromatic N) is 1. The lowest BCUT2D eigenvalue weighted by atomic mass is 9.87. The van der Waals surface area contributed by atoms with Crippen molar-refractivity contribution in [1.82, 2.24) is 4.98 Å². The average molecular weight is 383 g/mol. The van der Waals surface area contributed by atoms with Gasteiger partial charge in [-0.15, -0.1) is 0 Å². The summed E-state index contributed by atoms with van der Waals surface area (Å²) in [7, 11) is 1.68. The third-order valence-corrected chi connectivity index (χ3v) is 5.01. The van der Waals surface area contributed by atoms with Crippen molar-refractivity contribution in [2.75, 3.05) is 7.11 Å². The molecule has 0 unspecified atom stereocenters. The van der Waals surface area contributed by atoms with Gasteiger partial charge in [-0.05, 0) is 52.8 Å². The van der Waals surface area contributed by atoms with E-state index < -0.39 is 0 Å². The Labute approximate surface area is 171 Å². The molecule has 3 aromatic carbocycles. The zero-order valence-corrected chi connectivity index (χ0v) is 17.3. The first-order valence-corrected chi connectivity index (χ1v) is 9.77. The van der Waals surface area contributed by atoms with Gasteiger partial charge in [-0.25, -0.2) is 4.98 Å². The molecule has 0 aliphatic carbocycles. The Bertz CT molecular complexity index is 1130. The largest absolute Gasteiger partial charge is 0.497 e. The second-order valence-corrected chi connectivity index (χ2v) is 8.14. The molecular weight excluding hydrogens is 358 g/mol. The topological polar surface area (TPSA) is 31.4 Å². The summed E-state index contributed by atoms with van der Waals surface area (Å²) in [5.41, 5.74) is 3.29. The summed E-state index contributed by atoms with van der Waals surface area (Å²) in [6, 6.07) is 26.4. The van der Waals surface area contributed by atoms with Crippen molar-refractivity contribution in [3.05, 3.63) is 84.4 Å². The Hall–Kier alpha value is -3.33. The van der Waals surface area contributed by atoms with Crippen LogP contribution in [0, 0.1) is 0 Å². The van der Waals surface area contributed by atoms with E-state index in [4.69, 9.17) is 14.5 Å². The molecule has 0 bridgehead atoms. The van der Waals surface area contributed by atoms with Gasteiger partial charge in [-0.3, -0.25) is 0 Å². The minimum absolute atomic E-state index is 0.104. The van der Waals surface area contributed by atoms with E-state index in [0.29, 0.717) is 5.88 Å². The monoisotopic (exact) mass is 383 g/mol. The molecule has 0 aliphatic heterocycles. The molecule has 0 radical (unpaired) electrons. The van der Waals surface area contributed by atoms with Crippen LogP contribution in [0.2, 0.25) is 0 Å². The maximum atomic E-state index is 6.24. The molecule has 0 saturated heterocycles. The third-order valence-electron chi connectivity index (χ3n) is 5.01. The summed E-state index contributed by atoms with van der Waals surface area (Å²) in [5, 5.41) is 1.98. The standard InChI is InChI=1S/C26H25NO2/c1-26(2,3)20-10-12-21(13-11-20)29-25-23-15-14-22(28-4)16-19(23)17-24(27-25)18-8-6-5-7-9-18/h5-17H,1-4H3. The predicted molar refractivity (Wildman–Crippen MR) is 119 cm³/mol. The molecular formula is C26H25NO2. The van der Waals surface area contributed by atoms with Crippen LogP contribution in [0.4, 0.5) is 0 Å². The minimum atomic E-state index is 0.104. The maximum Gasteiger partial charge on any atom is 0.227 e. The zero-order valence-electron chi connectivity index (χ0n) is 17.3. The molecule has 4 aromatic rings. The minimum Gasteiger partial charge on any atom is -0.497 e. The van der Waals surface area contributed by atoms with Crippen molar-refractivity contribution >= 4 is 10.8 Å². The first-order valence-electron chi connectivity index (χ1n) is 9.77. The maximum absolute atomic E-state index is 6.24. The van der Waals surface area contributed by atoms with Crippen LogP contribution in [-0.2, 0) is 5.41 Å². The summed E-state index contributed by atoms with van der Waals surface area (Å²) < 4.78 is 11.7. The fraction of sp³-hybridized carbons (Fsp3) is 0.192.